The average Bonchev–Trinajstić information content (AvgIpc) is 2.41. The predicted octanol–water partition coefficient (Wildman–Crippen LogP) is 5.49. The minimum Gasteiger partial charge on any atom is -0.508 e. The van der Waals surface area contributed by atoms with Crippen LogP contribution in [0.1, 0.15) is 84.4 Å². The number of benzene rings is 1. The summed E-state index contributed by atoms with van der Waals surface area (Å²) >= 11 is 0. The molecule has 0 aliphatic rings. The lowest BCUT2D eigenvalue weighted by Gasteiger charge is -2.28. The quantitative estimate of drug-likeness (QED) is 0.748. The molecule has 3 heteroatoms. The van der Waals surface area contributed by atoms with E-state index in [4.69, 9.17) is 0 Å². The fourth-order valence-electron chi connectivity index (χ4n) is 2.81. The Kier molecular flexibility index (Phi) is 6.13. The van der Waals surface area contributed by atoms with Crippen LogP contribution in [0.15, 0.2) is 12.1 Å². The molecule has 0 saturated carbocycles. The van der Waals surface area contributed by atoms with Gasteiger partial charge in [-0.25, -0.2) is 0 Å². The third-order valence-electron chi connectivity index (χ3n) is 5.23. The molecule has 0 aliphatic heterocycles. The van der Waals surface area contributed by atoms with Gasteiger partial charge in [0.1, 0.15) is 5.75 Å². The lowest BCUT2D eigenvalue weighted by molar-refractivity contribution is -0.138. The summed E-state index contributed by atoms with van der Waals surface area (Å²) in [6, 6.07) is 3.68. The van der Waals surface area contributed by atoms with E-state index in [1.807, 2.05) is 26.8 Å². The number of carboxylic acid groups (broad SMARTS) is 1. The highest BCUT2D eigenvalue weighted by atomic mass is 16.4. The van der Waals surface area contributed by atoms with E-state index < -0.39 is 11.9 Å². The topological polar surface area (TPSA) is 57.5 Å². The van der Waals surface area contributed by atoms with Crippen LogP contribution in [0.25, 0.3) is 0 Å². The highest BCUT2D eigenvalue weighted by Gasteiger charge is 2.26. The molecule has 1 aromatic carbocycles. The second kappa shape index (κ2) is 7.16. The number of phenols is 1. The van der Waals surface area contributed by atoms with Crippen LogP contribution >= 0.6 is 0 Å². The van der Waals surface area contributed by atoms with E-state index in [2.05, 4.69) is 27.7 Å². The van der Waals surface area contributed by atoms with E-state index in [1.54, 1.807) is 13.0 Å². The molecule has 2 unspecified atom stereocenters. The summed E-state index contributed by atoms with van der Waals surface area (Å²) in [6.07, 6.45) is 1.75. The molecular formula is C21H34O3. The fraction of sp³-hybridized carbons (Fsp3) is 0.667. The summed E-state index contributed by atoms with van der Waals surface area (Å²) in [5.74, 6) is -0.630. The first-order valence-corrected chi connectivity index (χ1v) is 8.84. The molecule has 0 bridgehead atoms. The molecule has 0 fully saturated rings. The van der Waals surface area contributed by atoms with Crippen LogP contribution in [0.2, 0.25) is 0 Å². The summed E-state index contributed by atoms with van der Waals surface area (Å²) in [7, 11) is 0. The predicted molar refractivity (Wildman–Crippen MR) is 99.8 cm³/mol. The lowest BCUT2D eigenvalue weighted by atomic mass is 9.77. The summed E-state index contributed by atoms with van der Waals surface area (Å²) in [6.45, 7) is 16.7. The molecule has 2 N–H and O–H groups in total. The van der Waals surface area contributed by atoms with Gasteiger partial charge in [0.15, 0.2) is 0 Å². The van der Waals surface area contributed by atoms with E-state index >= 15 is 0 Å². The molecule has 0 amide bonds. The Labute approximate surface area is 147 Å². The van der Waals surface area contributed by atoms with Gasteiger partial charge in [-0.1, -0.05) is 54.5 Å². The van der Waals surface area contributed by atoms with Crippen molar-refractivity contribution in [3.8, 4) is 5.75 Å². The summed E-state index contributed by atoms with van der Waals surface area (Å²) in [4.78, 5) is 11.5. The molecular weight excluding hydrogens is 300 g/mol. The maximum atomic E-state index is 11.5. The molecule has 136 valence electrons. The Balaban J connectivity index is 3.28. The van der Waals surface area contributed by atoms with Crippen molar-refractivity contribution in [3.63, 3.8) is 0 Å². The molecule has 3 nitrogen and oxygen atoms in total. The summed E-state index contributed by atoms with van der Waals surface area (Å²) < 4.78 is 0. The second-order valence-corrected chi connectivity index (χ2v) is 9.18. The van der Waals surface area contributed by atoms with Crippen LogP contribution in [-0.2, 0) is 16.6 Å². The number of aromatic hydroxyl groups is 1. The first kappa shape index (κ1) is 20.5. The largest absolute Gasteiger partial charge is 0.508 e. The van der Waals surface area contributed by atoms with Gasteiger partial charge in [0.2, 0.25) is 0 Å². The first-order valence-electron chi connectivity index (χ1n) is 8.84. The van der Waals surface area contributed by atoms with Crippen LogP contribution in [0, 0.1) is 11.3 Å². The van der Waals surface area contributed by atoms with Crippen LogP contribution in [0.4, 0.5) is 0 Å². The Morgan fingerprint density at radius 3 is 2.04 bits per heavy atom. The third kappa shape index (κ3) is 4.99. The van der Waals surface area contributed by atoms with E-state index in [0.717, 1.165) is 29.5 Å². The molecule has 1 rings (SSSR count). The van der Waals surface area contributed by atoms with Crippen molar-refractivity contribution >= 4 is 5.97 Å². The second-order valence-electron chi connectivity index (χ2n) is 9.18. The lowest BCUT2D eigenvalue weighted by Crippen LogP contribution is -2.19. The fourth-order valence-corrected chi connectivity index (χ4v) is 2.81. The van der Waals surface area contributed by atoms with Gasteiger partial charge in [-0.2, -0.15) is 0 Å². The van der Waals surface area contributed by atoms with Crippen molar-refractivity contribution in [2.24, 2.45) is 11.3 Å². The van der Waals surface area contributed by atoms with Gasteiger partial charge in [-0.3, -0.25) is 4.79 Å². The van der Waals surface area contributed by atoms with E-state index in [9.17, 15) is 15.0 Å². The van der Waals surface area contributed by atoms with Crippen LogP contribution < -0.4 is 0 Å². The average molecular weight is 335 g/mol. The minimum absolute atomic E-state index is 0.214. The zero-order chi connectivity index (χ0) is 18.9. The van der Waals surface area contributed by atoms with E-state index in [1.165, 1.54) is 0 Å². The van der Waals surface area contributed by atoms with Crippen LogP contribution in [0.5, 0.6) is 5.75 Å². The maximum Gasteiger partial charge on any atom is 0.310 e. The monoisotopic (exact) mass is 334 g/mol. The van der Waals surface area contributed by atoms with Crippen molar-refractivity contribution in [2.75, 3.05) is 0 Å². The van der Waals surface area contributed by atoms with Gasteiger partial charge < -0.3 is 10.2 Å². The molecule has 0 radical (unpaired) electrons. The Hall–Kier alpha value is -1.51. The first-order chi connectivity index (χ1) is 10.7. The maximum absolute atomic E-state index is 11.5. The molecule has 0 heterocycles. The zero-order valence-electron chi connectivity index (χ0n) is 16.5. The molecule has 0 aliphatic carbocycles. The molecule has 24 heavy (non-hydrogen) atoms. The number of phenolic OH excluding ortho intramolecular Hbond substituents is 1. The standard InChI is InChI=1S/C21H34O3/c1-13(20(3,4)5)9-10-15-11-18(22)17(21(6,7)8)12-16(15)14(2)19(23)24/h11-14,22H,9-10H2,1-8H3,(H,23,24). The van der Waals surface area contributed by atoms with E-state index in [0.29, 0.717) is 5.92 Å². The van der Waals surface area contributed by atoms with Gasteiger partial charge in [0.25, 0.3) is 0 Å². The molecule has 1 aromatic rings. The highest BCUT2D eigenvalue weighted by molar-refractivity contribution is 5.76. The number of carboxylic acids is 1. The van der Waals surface area contributed by atoms with Gasteiger partial charge in [0, 0.05) is 0 Å². The number of aryl methyl sites for hydroxylation is 1. The number of aliphatic carboxylic acids is 1. The van der Waals surface area contributed by atoms with Gasteiger partial charge >= 0.3 is 5.97 Å². The van der Waals surface area contributed by atoms with E-state index in [-0.39, 0.29) is 16.6 Å². The molecule has 0 saturated heterocycles. The van der Waals surface area contributed by atoms with Crippen molar-refractivity contribution in [2.45, 2.75) is 79.6 Å². The highest BCUT2D eigenvalue weighted by Crippen LogP contribution is 2.37. The SMILES string of the molecule is CC(C(=O)O)c1cc(C(C)(C)C)c(O)cc1CCC(C)C(C)(C)C. The van der Waals surface area contributed by atoms with Crippen molar-refractivity contribution in [3.05, 3.63) is 28.8 Å². The Bertz CT molecular complexity index is 588. The molecule has 0 aromatic heterocycles. The number of hydrogen-bond donors (Lipinski definition) is 2. The zero-order valence-corrected chi connectivity index (χ0v) is 16.5. The molecule has 0 spiro atoms. The van der Waals surface area contributed by atoms with Crippen LogP contribution in [0.3, 0.4) is 0 Å². The number of rotatable bonds is 5. The third-order valence-corrected chi connectivity index (χ3v) is 5.23. The normalized spacial score (nSPS) is 15.2. The van der Waals surface area contributed by atoms with Gasteiger partial charge in [-0.15, -0.1) is 0 Å². The number of hydrogen-bond acceptors (Lipinski definition) is 2. The minimum atomic E-state index is -0.828. The Morgan fingerprint density at radius 2 is 1.62 bits per heavy atom. The van der Waals surface area contributed by atoms with Crippen molar-refractivity contribution in [1.29, 1.82) is 0 Å². The van der Waals surface area contributed by atoms with Crippen LogP contribution in [-0.4, -0.2) is 16.2 Å². The van der Waals surface area contributed by atoms with Crippen molar-refractivity contribution < 1.29 is 15.0 Å². The smallest absolute Gasteiger partial charge is 0.310 e. The van der Waals surface area contributed by atoms with Crippen molar-refractivity contribution in [1.82, 2.24) is 0 Å². The Morgan fingerprint density at radius 1 is 1.08 bits per heavy atom. The van der Waals surface area contributed by atoms with Gasteiger partial charge in [-0.05, 0) is 59.3 Å². The molecule has 2 atom stereocenters. The number of carbonyl (C=O) groups is 1. The summed E-state index contributed by atoms with van der Waals surface area (Å²) in [5, 5.41) is 19.9. The van der Waals surface area contributed by atoms with Gasteiger partial charge in [0.05, 0.1) is 5.92 Å². The summed E-state index contributed by atoms with van der Waals surface area (Å²) in [5.41, 5.74) is 2.57.